The van der Waals surface area contributed by atoms with E-state index in [2.05, 4.69) is 10.6 Å². The summed E-state index contributed by atoms with van der Waals surface area (Å²) in [5, 5.41) is 14.4. The zero-order valence-corrected chi connectivity index (χ0v) is 12.6. The molecule has 1 saturated heterocycles. The van der Waals surface area contributed by atoms with Gasteiger partial charge in [-0.1, -0.05) is 0 Å². The van der Waals surface area contributed by atoms with Crippen LogP contribution >= 0.6 is 0 Å². The average Bonchev–Trinajstić information content (AvgIpc) is 2.85. The molecule has 2 unspecified atom stereocenters. The SMILES string of the molecule is CC(C)NC(=O)CCNC(=O)N(C)C1COCC1C(=O)O. The lowest BCUT2D eigenvalue weighted by atomic mass is 10.0. The van der Waals surface area contributed by atoms with Crippen molar-refractivity contribution in [3.05, 3.63) is 0 Å². The minimum absolute atomic E-state index is 0.0582. The summed E-state index contributed by atoms with van der Waals surface area (Å²) in [6.07, 6.45) is 0.182. The van der Waals surface area contributed by atoms with Crippen molar-refractivity contribution in [2.75, 3.05) is 26.8 Å². The van der Waals surface area contributed by atoms with Crippen LogP contribution in [0.3, 0.4) is 0 Å². The van der Waals surface area contributed by atoms with Crippen LogP contribution in [0.4, 0.5) is 4.79 Å². The zero-order valence-electron chi connectivity index (χ0n) is 12.6. The van der Waals surface area contributed by atoms with Crippen molar-refractivity contribution in [3.63, 3.8) is 0 Å². The summed E-state index contributed by atoms with van der Waals surface area (Å²) in [5.74, 6) is -1.83. The number of carbonyl (C=O) groups excluding carboxylic acids is 2. The summed E-state index contributed by atoms with van der Waals surface area (Å²) < 4.78 is 5.12. The van der Waals surface area contributed by atoms with E-state index in [0.717, 1.165) is 0 Å². The highest BCUT2D eigenvalue weighted by Gasteiger charge is 2.38. The third-order valence-electron chi connectivity index (χ3n) is 3.26. The van der Waals surface area contributed by atoms with Crippen molar-refractivity contribution in [3.8, 4) is 0 Å². The first kappa shape index (κ1) is 17.2. The van der Waals surface area contributed by atoms with Gasteiger partial charge in [0.15, 0.2) is 0 Å². The van der Waals surface area contributed by atoms with Crippen molar-refractivity contribution < 1.29 is 24.2 Å². The number of rotatable bonds is 6. The molecule has 21 heavy (non-hydrogen) atoms. The van der Waals surface area contributed by atoms with Crippen LogP contribution in [-0.4, -0.2) is 66.8 Å². The fraction of sp³-hybridized carbons (Fsp3) is 0.769. The maximum Gasteiger partial charge on any atom is 0.317 e. The number of carboxylic acids is 1. The van der Waals surface area contributed by atoms with Crippen LogP contribution in [0.15, 0.2) is 0 Å². The van der Waals surface area contributed by atoms with Gasteiger partial charge in [0.2, 0.25) is 5.91 Å². The smallest absolute Gasteiger partial charge is 0.317 e. The van der Waals surface area contributed by atoms with Crippen LogP contribution < -0.4 is 10.6 Å². The van der Waals surface area contributed by atoms with Gasteiger partial charge in [-0.15, -0.1) is 0 Å². The van der Waals surface area contributed by atoms with Crippen molar-refractivity contribution in [1.82, 2.24) is 15.5 Å². The van der Waals surface area contributed by atoms with Crippen molar-refractivity contribution in [2.24, 2.45) is 5.92 Å². The molecule has 2 atom stereocenters. The van der Waals surface area contributed by atoms with E-state index < -0.39 is 24.0 Å². The molecule has 0 spiro atoms. The topological polar surface area (TPSA) is 108 Å². The number of hydrogen-bond acceptors (Lipinski definition) is 4. The summed E-state index contributed by atoms with van der Waals surface area (Å²) in [7, 11) is 1.53. The number of hydrogen-bond donors (Lipinski definition) is 3. The van der Waals surface area contributed by atoms with E-state index in [1.165, 1.54) is 11.9 Å². The molecule has 8 nitrogen and oxygen atoms in total. The first-order valence-electron chi connectivity index (χ1n) is 6.93. The fourth-order valence-electron chi connectivity index (χ4n) is 2.11. The Morgan fingerprint density at radius 2 is 2.00 bits per heavy atom. The highest BCUT2D eigenvalue weighted by atomic mass is 16.5. The molecular weight excluding hydrogens is 278 g/mol. The lowest BCUT2D eigenvalue weighted by Crippen LogP contribution is -2.49. The molecule has 8 heteroatoms. The van der Waals surface area contributed by atoms with E-state index in [-0.39, 0.29) is 38.1 Å². The number of nitrogens with zero attached hydrogens (tertiary/aromatic N) is 1. The van der Waals surface area contributed by atoms with E-state index in [1.54, 1.807) is 0 Å². The molecule has 1 aliphatic heterocycles. The van der Waals surface area contributed by atoms with Crippen molar-refractivity contribution in [1.29, 1.82) is 0 Å². The second-order valence-corrected chi connectivity index (χ2v) is 5.36. The largest absolute Gasteiger partial charge is 0.481 e. The Labute approximate surface area is 123 Å². The summed E-state index contributed by atoms with van der Waals surface area (Å²) in [5.41, 5.74) is 0. The van der Waals surface area contributed by atoms with Crippen LogP contribution in [-0.2, 0) is 14.3 Å². The van der Waals surface area contributed by atoms with Gasteiger partial charge in [-0.2, -0.15) is 0 Å². The highest BCUT2D eigenvalue weighted by Crippen LogP contribution is 2.18. The average molecular weight is 301 g/mol. The minimum atomic E-state index is -0.978. The van der Waals surface area contributed by atoms with E-state index >= 15 is 0 Å². The molecule has 0 aliphatic carbocycles. The highest BCUT2D eigenvalue weighted by molar-refractivity contribution is 5.79. The maximum atomic E-state index is 11.9. The number of likely N-dealkylation sites (N-methyl/N-ethyl adjacent to an activating group) is 1. The van der Waals surface area contributed by atoms with E-state index in [1.807, 2.05) is 13.8 Å². The molecule has 1 rings (SSSR count). The van der Waals surface area contributed by atoms with Gasteiger partial charge < -0.3 is 25.4 Å². The van der Waals surface area contributed by atoms with Crippen LogP contribution in [0.2, 0.25) is 0 Å². The zero-order chi connectivity index (χ0) is 16.0. The molecule has 1 heterocycles. The lowest BCUT2D eigenvalue weighted by molar-refractivity contribution is -0.142. The van der Waals surface area contributed by atoms with Crippen LogP contribution in [0.25, 0.3) is 0 Å². The van der Waals surface area contributed by atoms with Crippen molar-refractivity contribution in [2.45, 2.75) is 32.4 Å². The lowest BCUT2D eigenvalue weighted by Gasteiger charge is -2.26. The Hall–Kier alpha value is -1.83. The molecule has 0 saturated carbocycles. The molecule has 1 fully saturated rings. The van der Waals surface area contributed by atoms with E-state index in [4.69, 9.17) is 9.84 Å². The Kier molecular flexibility index (Phi) is 6.41. The molecule has 0 aromatic carbocycles. The van der Waals surface area contributed by atoms with Gasteiger partial charge in [-0.3, -0.25) is 9.59 Å². The number of nitrogens with one attached hydrogen (secondary N) is 2. The second-order valence-electron chi connectivity index (χ2n) is 5.36. The minimum Gasteiger partial charge on any atom is -0.481 e. The number of urea groups is 1. The molecule has 0 bridgehead atoms. The number of aliphatic carboxylic acids is 1. The monoisotopic (exact) mass is 301 g/mol. The fourth-order valence-corrected chi connectivity index (χ4v) is 2.11. The van der Waals surface area contributed by atoms with Gasteiger partial charge in [0.1, 0.15) is 5.92 Å². The maximum absolute atomic E-state index is 11.9. The third kappa shape index (κ3) is 5.22. The summed E-state index contributed by atoms with van der Waals surface area (Å²) in [6, 6.07) is -0.844. The van der Waals surface area contributed by atoms with Gasteiger partial charge in [0.05, 0.1) is 19.3 Å². The van der Waals surface area contributed by atoms with Crippen LogP contribution in [0, 0.1) is 5.92 Å². The van der Waals surface area contributed by atoms with Gasteiger partial charge in [0, 0.05) is 26.1 Å². The molecule has 0 aromatic heterocycles. The number of carbonyl (C=O) groups is 3. The summed E-state index contributed by atoms with van der Waals surface area (Å²) in [4.78, 5) is 35.7. The number of amides is 3. The summed E-state index contributed by atoms with van der Waals surface area (Å²) >= 11 is 0. The Balaban J connectivity index is 2.37. The third-order valence-corrected chi connectivity index (χ3v) is 3.26. The Morgan fingerprint density at radius 1 is 1.33 bits per heavy atom. The summed E-state index contributed by atoms with van der Waals surface area (Å²) in [6.45, 7) is 4.23. The first-order chi connectivity index (χ1) is 9.82. The molecule has 1 aliphatic rings. The number of carboxylic acid groups (broad SMARTS) is 1. The van der Waals surface area contributed by atoms with Gasteiger partial charge in [0.25, 0.3) is 0 Å². The van der Waals surface area contributed by atoms with Gasteiger partial charge in [-0.25, -0.2) is 4.79 Å². The standard InChI is InChI=1S/C13H23N3O5/c1-8(2)15-11(17)4-5-14-13(20)16(3)10-7-21-6-9(10)12(18)19/h8-10H,4-7H2,1-3H3,(H,14,20)(H,15,17)(H,18,19). The first-order valence-corrected chi connectivity index (χ1v) is 6.93. The predicted molar refractivity (Wildman–Crippen MR) is 74.8 cm³/mol. The van der Waals surface area contributed by atoms with Crippen LogP contribution in [0.5, 0.6) is 0 Å². The number of ether oxygens (including phenoxy) is 1. The normalized spacial score (nSPS) is 21.1. The molecule has 3 N–H and O–H groups in total. The van der Waals surface area contributed by atoms with Gasteiger partial charge in [-0.05, 0) is 13.8 Å². The van der Waals surface area contributed by atoms with Gasteiger partial charge >= 0.3 is 12.0 Å². The Bertz CT molecular complexity index is 399. The molecule has 3 amide bonds. The Morgan fingerprint density at radius 3 is 2.57 bits per heavy atom. The molecular formula is C13H23N3O5. The van der Waals surface area contributed by atoms with E-state index in [9.17, 15) is 14.4 Å². The second kappa shape index (κ2) is 7.82. The van der Waals surface area contributed by atoms with E-state index in [0.29, 0.717) is 0 Å². The van der Waals surface area contributed by atoms with Crippen LogP contribution in [0.1, 0.15) is 20.3 Å². The predicted octanol–water partition coefficient (Wildman–Crippen LogP) is -0.358. The molecule has 0 radical (unpaired) electrons. The quantitative estimate of drug-likeness (QED) is 0.621. The van der Waals surface area contributed by atoms with Crippen molar-refractivity contribution >= 4 is 17.9 Å². The molecule has 0 aromatic rings. The molecule has 120 valence electrons.